The van der Waals surface area contributed by atoms with Gasteiger partial charge in [-0.05, 0) is 65.9 Å². The second kappa shape index (κ2) is 9.64. The number of aliphatic hydroxyl groups is 1. The number of aliphatic hydroxyl groups excluding tert-OH is 1. The van der Waals surface area contributed by atoms with Crippen molar-refractivity contribution in [2.24, 2.45) is 5.92 Å². The van der Waals surface area contributed by atoms with E-state index in [1.54, 1.807) is 41.6 Å². The van der Waals surface area contributed by atoms with Crippen molar-refractivity contribution in [2.45, 2.75) is 25.0 Å². The fraction of sp³-hybridized carbons (Fsp3) is 0.179. The maximum Gasteiger partial charge on any atom is 0.233 e. The molecule has 0 aliphatic carbocycles. The van der Waals surface area contributed by atoms with Crippen LogP contribution in [-0.2, 0) is 4.79 Å². The molecule has 4 aromatic rings. The molecule has 3 atom stereocenters. The van der Waals surface area contributed by atoms with E-state index in [1.165, 1.54) is 18.5 Å². The van der Waals surface area contributed by atoms with Gasteiger partial charge >= 0.3 is 0 Å². The van der Waals surface area contributed by atoms with Gasteiger partial charge in [0.15, 0.2) is 0 Å². The SMILES string of the molecule is O=C1[C@H](CC[C@H](O)c2ccc(F)cc2)[C@@H](c2ccc(O)cc2)N1c1ccc(-c2cncnc2)cc1. The summed E-state index contributed by atoms with van der Waals surface area (Å²) in [5, 5.41) is 20.3. The monoisotopic (exact) mass is 469 g/mol. The normalized spacial score (nSPS) is 18.2. The third-order valence-corrected chi connectivity index (χ3v) is 6.49. The highest BCUT2D eigenvalue weighted by Crippen LogP contribution is 2.46. The summed E-state index contributed by atoms with van der Waals surface area (Å²) < 4.78 is 13.2. The Bertz CT molecular complexity index is 1300. The lowest BCUT2D eigenvalue weighted by Crippen LogP contribution is -2.55. The van der Waals surface area contributed by atoms with Gasteiger partial charge in [-0.25, -0.2) is 14.4 Å². The van der Waals surface area contributed by atoms with Crippen LogP contribution in [0.1, 0.15) is 36.1 Å². The Balaban J connectivity index is 1.37. The van der Waals surface area contributed by atoms with E-state index in [4.69, 9.17) is 0 Å². The van der Waals surface area contributed by atoms with Crippen molar-refractivity contribution in [3.63, 3.8) is 0 Å². The molecule has 35 heavy (non-hydrogen) atoms. The highest BCUT2D eigenvalue weighted by Gasteiger charge is 2.48. The molecule has 1 fully saturated rings. The molecule has 0 saturated carbocycles. The van der Waals surface area contributed by atoms with Gasteiger partial charge in [-0.2, -0.15) is 0 Å². The van der Waals surface area contributed by atoms with Crippen LogP contribution in [0.2, 0.25) is 0 Å². The average Bonchev–Trinajstić information content (AvgIpc) is 2.89. The summed E-state index contributed by atoms with van der Waals surface area (Å²) in [5.74, 6) is -0.547. The number of phenolic OH excluding ortho intramolecular Hbond substituents is 1. The van der Waals surface area contributed by atoms with Crippen LogP contribution in [0.25, 0.3) is 11.1 Å². The molecule has 7 heteroatoms. The second-order valence-corrected chi connectivity index (χ2v) is 8.67. The van der Waals surface area contributed by atoms with Gasteiger partial charge in [0.05, 0.1) is 18.1 Å². The molecule has 0 spiro atoms. The molecule has 3 aromatic carbocycles. The number of phenols is 1. The summed E-state index contributed by atoms with van der Waals surface area (Å²) >= 11 is 0. The number of halogens is 1. The van der Waals surface area contributed by atoms with E-state index in [0.29, 0.717) is 18.4 Å². The van der Waals surface area contributed by atoms with E-state index in [2.05, 4.69) is 9.97 Å². The van der Waals surface area contributed by atoms with E-state index in [-0.39, 0.29) is 29.4 Å². The first-order chi connectivity index (χ1) is 17.0. The molecule has 2 heterocycles. The van der Waals surface area contributed by atoms with Gasteiger partial charge in [-0.1, -0.05) is 36.4 Å². The van der Waals surface area contributed by atoms with E-state index < -0.39 is 6.10 Å². The quantitative estimate of drug-likeness (QED) is 0.363. The second-order valence-electron chi connectivity index (χ2n) is 8.67. The zero-order valence-electron chi connectivity index (χ0n) is 18.8. The standard InChI is InChI=1S/C28H24FN3O3/c29-22-7-1-19(2-8-22)26(34)14-13-25-27(20-5-11-24(33)12-6-20)32(28(25)35)23-9-3-18(4-10-23)21-15-30-17-31-16-21/h1-12,15-17,25-27,33-34H,13-14H2/t25-,26+,27-/m1/s1. The Hall–Kier alpha value is -4.10. The van der Waals surface area contributed by atoms with Crippen molar-refractivity contribution in [2.75, 3.05) is 4.90 Å². The number of aromatic hydroxyl groups is 1. The van der Waals surface area contributed by atoms with E-state index in [0.717, 1.165) is 22.4 Å². The van der Waals surface area contributed by atoms with Crippen molar-refractivity contribution in [1.29, 1.82) is 0 Å². The fourth-order valence-corrected chi connectivity index (χ4v) is 4.62. The highest BCUT2D eigenvalue weighted by molar-refractivity contribution is 6.03. The largest absolute Gasteiger partial charge is 0.508 e. The van der Waals surface area contributed by atoms with Crippen molar-refractivity contribution in [3.05, 3.63) is 108 Å². The van der Waals surface area contributed by atoms with Gasteiger partial charge in [0.25, 0.3) is 0 Å². The minimum atomic E-state index is -0.787. The van der Waals surface area contributed by atoms with E-state index in [1.807, 2.05) is 36.4 Å². The molecule has 1 saturated heterocycles. The Kier molecular flexibility index (Phi) is 6.25. The summed E-state index contributed by atoms with van der Waals surface area (Å²) in [6.07, 6.45) is 5.00. The Morgan fingerprint density at radius 3 is 2.20 bits per heavy atom. The van der Waals surface area contributed by atoms with Gasteiger partial charge < -0.3 is 15.1 Å². The minimum Gasteiger partial charge on any atom is -0.508 e. The zero-order chi connectivity index (χ0) is 24.4. The van der Waals surface area contributed by atoms with Crippen LogP contribution >= 0.6 is 0 Å². The van der Waals surface area contributed by atoms with Gasteiger partial charge in [0.1, 0.15) is 17.9 Å². The van der Waals surface area contributed by atoms with Gasteiger partial charge in [-0.3, -0.25) is 4.79 Å². The maximum atomic E-state index is 13.3. The molecule has 176 valence electrons. The number of rotatable bonds is 7. The molecule has 1 aromatic heterocycles. The Labute approximate surface area is 202 Å². The maximum absolute atomic E-state index is 13.3. The lowest BCUT2D eigenvalue weighted by Gasteiger charge is -2.48. The van der Waals surface area contributed by atoms with Gasteiger partial charge in [0.2, 0.25) is 5.91 Å². The van der Waals surface area contributed by atoms with Crippen LogP contribution in [0.4, 0.5) is 10.1 Å². The first-order valence-electron chi connectivity index (χ1n) is 11.4. The number of carbonyl (C=O) groups is 1. The summed E-state index contributed by atoms with van der Waals surface area (Å²) in [7, 11) is 0. The number of nitrogens with zero attached hydrogens (tertiary/aromatic N) is 3. The number of anilines is 1. The summed E-state index contributed by atoms with van der Waals surface area (Å²) in [6.45, 7) is 0. The Morgan fingerprint density at radius 2 is 1.54 bits per heavy atom. The molecule has 0 bridgehead atoms. The van der Waals surface area contributed by atoms with Crippen molar-refractivity contribution >= 4 is 11.6 Å². The third-order valence-electron chi connectivity index (χ3n) is 6.49. The molecule has 1 aliphatic rings. The van der Waals surface area contributed by atoms with Crippen LogP contribution in [0.5, 0.6) is 5.75 Å². The van der Waals surface area contributed by atoms with Crippen LogP contribution < -0.4 is 4.90 Å². The molecule has 0 unspecified atom stereocenters. The first-order valence-corrected chi connectivity index (χ1v) is 11.4. The van der Waals surface area contributed by atoms with Crippen LogP contribution in [0.3, 0.4) is 0 Å². The number of β-lactam (4-membered cyclic amide) rings is 1. The number of carbonyl (C=O) groups excluding carboxylic acids is 1. The molecule has 1 aliphatic heterocycles. The van der Waals surface area contributed by atoms with Gasteiger partial charge in [-0.15, -0.1) is 0 Å². The predicted molar refractivity (Wildman–Crippen MR) is 130 cm³/mol. The topological polar surface area (TPSA) is 86.5 Å². The highest BCUT2D eigenvalue weighted by atomic mass is 19.1. The van der Waals surface area contributed by atoms with E-state index in [9.17, 15) is 19.4 Å². The molecule has 6 nitrogen and oxygen atoms in total. The average molecular weight is 470 g/mol. The summed E-state index contributed by atoms with van der Waals surface area (Å²) in [5.41, 5.74) is 4.13. The summed E-state index contributed by atoms with van der Waals surface area (Å²) in [4.78, 5) is 23.1. The molecule has 5 rings (SSSR count). The van der Waals surface area contributed by atoms with Crippen molar-refractivity contribution < 1.29 is 19.4 Å². The molecule has 1 amide bonds. The number of benzene rings is 3. The lowest BCUT2D eigenvalue weighted by atomic mass is 9.78. The molecular formula is C28H24FN3O3. The van der Waals surface area contributed by atoms with Crippen LogP contribution in [0, 0.1) is 11.7 Å². The Morgan fingerprint density at radius 1 is 0.886 bits per heavy atom. The van der Waals surface area contributed by atoms with Gasteiger partial charge in [0, 0.05) is 23.6 Å². The fourth-order valence-electron chi connectivity index (χ4n) is 4.62. The number of hydrogen-bond acceptors (Lipinski definition) is 5. The molecular weight excluding hydrogens is 445 g/mol. The lowest BCUT2D eigenvalue weighted by molar-refractivity contribution is -0.131. The smallest absolute Gasteiger partial charge is 0.233 e. The minimum absolute atomic E-state index is 0.0230. The van der Waals surface area contributed by atoms with Crippen molar-refractivity contribution in [3.8, 4) is 16.9 Å². The number of amides is 1. The third kappa shape index (κ3) is 4.63. The van der Waals surface area contributed by atoms with Crippen LogP contribution in [-0.4, -0.2) is 26.1 Å². The molecule has 0 radical (unpaired) electrons. The number of aromatic nitrogens is 2. The zero-order valence-corrected chi connectivity index (χ0v) is 18.8. The van der Waals surface area contributed by atoms with Crippen molar-refractivity contribution in [1.82, 2.24) is 9.97 Å². The first kappa shape index (κ1) is 22.7. The van der Waals surface area contributed by atoms with E-state index >= 15 is 0 Å². The summed E-state index contributed by atoms with van der Waals surface area (Å²) in [6, 6.07) is 20.1. The number of hydrogen-bond donors (Lipinski definition) is 2. The predicted octanol–water partition coefficient (Wildman–Crippen LogP) is 5.21. The van der Waals surface area contributed by atoms with Crippen LogP contribution in [0.15, 0.2) is 91.5 Å². The molecule has 2 N–H and O–H groups in total.